The smallest absolute Gasteiger partial charge is 0.122 e. The summed E-state index contributed by atoms with van der Waals surface area (Å²) >= 11 is 0. The summed E-state index contributed by atoms with van der Waals surface area (Å²) in [5.74, 6) is 2.36. The SMILES string of the molecule is COc1cccc(C2CC2CN)c1C. The van der Waals surface area contributed by atoms with E-state index in [0.717, 1.165) is 12.3 Å². The summed E-state index contributed by atoms with van der Waals surface area (Å²) in [5.41, 5.74) is 8.34. The number of hydrogen-bond acceptors (Lipinski definition) is 2. The van der Waals surface area contributed by atoms with Gasteiger partial charge in [-0.1, -0.05) is 12.1 Å². The molecule has 1 aliphatic rings. The molecule has 0 aromatic heterocycles. The van der Waals surface area contributed by atoms with E-state index in [4.69, 9.17) is 10.5 Å². The fourth-order valence-corrected chi connectivity index (χ4v) is 2.14. The van der Waals surface area contributed by atoms with Crippen molar-refractivity contribution < 1.29 is 4.74 Å². The van der Waals surface area contributed by atoms with E-state index in [1.54, 1.807) is 7.11 Å². The lowest BCUT2D eigenvalue weighted by Gasteiger charge is -2.09. The van der Waals surface area contributed by atoms with E-state index in [1.165, 1.54) is 17.5 Å². The highest BCUT2D eigenvalue weighted by molar-refractivity contribution is 5.43. The average Bonchev–Trinajstić information content (AvgIpc) is 2.97. The first kappa shape index (κ1) is 9.53. The van der Waals surface area contributed by atoms with Crippen LogP contribution >= 0.6 is 0 Å². The molecule has 2 N–H and O–H groups in total. The van der Waals surface area contributed by atoms with Crippen molar-refractivity contribution in [2.24, 2.45) is 11.7 Å². The molecule has 2 unspecified atom stereocenters. The molecule has 0 aliphatic heterocycles. The van der Waals surface area contributed by atoms with Crippen molar-refractivity contribution in [2.75, 3.05) is 13.7 Å². The van der Waals surface area contributed by atoms with Gasteiger partial charge >= 0.3 is 0 Å². The summed E-state index contributed by atoms with van der Waals surface area (Å²) in [6.07, 6.45) is 1.24. The van der Waals surface area contributed by atoms with Gasteiger partial charge in [0.15, 0.2) is 0 Å². The Balaban J connectivity index is 2.26. The monoisotopic (exact) mass is 191 g/mol. The minimum absolute atomic E-state index is 0.676. The minimum Gasteiger partial charge on any atom is -0.496 e. The lowest BCUT2D eigenvalue weighted by atomic mass is 10.0. The van der Waals surface area contributed by atoms with Crippen LogP contribution in [0, 0.1) is 12.8 Å². The Labute approximate surface area is 85.1 Å². The molecule has 0 heterocycles. The number of ether oxygens (including phenoxy) is 1. The fourth-order valence-electron chi connectivity index (χ4n) is 2.14. The van der Waals surface area contributed by atoms with Crippen LogP contribution in [0.25, 0.3) is 0 Å². The molecule has 0 bridgehead atoms. The van der Waals surface area contributed by atoms with Crippen molar-refractivity contribution in [3.63, 3.8) is 0 Å². The Morgan fingerprint density at radius 2 is 2.29 bits per heavy atom. The predicted octanol–water partition coefficient (Wildman–Crippen LogP) is 2.07. The molecular weight excluding hydrogens is 174 g/mol. The molecule has 0 spiro atoms. The van der Waals surface area contributed by atoms with Crippen molar-refractivity contribution in [3.8, 4) is 5.75 Å². The molecular formula is C12H17NO. The van der Waals surface area contributed by atoms with Crippen molar-refractivity contribution in [1.82, 2.24) is 0 Å². The molecule has 0 radical (unpaired) electrons. The van der Waals surface area contributed by atoms with Gasteiger partial charge < -0.3 is 10.5 Å². The van der Waals surface area contributed by atoms with Crippen LogP contribution in [-0.4, -0.2) is 13.7 Å². The molecule has 2 rings (SSSR count). The Kier molecular flexibility index (Phi) is 2.46. The van der Waals surface area contributed by atoms with E-state index < -0.39 is 0 Å². The summed E-state index contributed by atoms with van der Waals surface area (Å²) in [5, 5.41) is 0. The Morgan fingerprint density at radius 1 is 1.50 bits per heavy atom. The third-order valence-electron chi connectivity index (χ3n) is 3.17. The maximum Gasteiger partial charge on any atom is 0.122 e. The molecule has 76 valence electrons. The summed E-state index contributed by atoms with van der Waals surface area (Å²) in [6.45, 7) is 2.93. The zero-order chi connectivity index (χ0) is 10.1. The standard InChI is InChI=1S/C12H17NO/c1-8-10(11-6-9(11)7-13)4-3-5-12(8)14-2/h3-5,9,11H,6-7,13H2,1-2H3. The Morgan fingerprint density at radius 3 is 2.86 bits per heavy atom. The van der Waals surface area contributed by atoms with Gasteiger partial charge in [-0.15, -0.1) is 0 Å². The molecule has 2 atom stereocenters. The van der Waals surface area contributed by atoms with E-state index in [-0.39, 0.29) is 0 Å². The third-order valence-corrected chi connectivity index (χ3v) is 3.17. The van der Waals surface area contributed by atoms with Crippen molar-refractivity contribution in [1.29, 1.82) is 0 Å². The van der Waals surface area contributed by atoms with Gasteiger partial charge in [0.25, 0.3) is 0 Å². The molecule has 0 saturated heterocycles. The summed E-state index contributed by atoms with van der Waals surface area (Å²) in [7, 11) is 1.72. The van der Waals surface area contributed by atoms with E-state index in [2.05, 4.69) is 19.1 Å². The zero-order valence-corrected chi connectivity index (χ0v) is 8.79. The van der Waals surface area contributed by atoms with E-state index >= 15 is 0 Å². The van der Waals surface area contributed by atoms with E-state index in [0.29, 0.717) is 11.8 Å². The summed E-state index contributed by atoms with van der Waals surface area (Å²) < 4.78 is 5.30. The number of rotatable bonds is 3. The minimum atomic E-state index is 0.676. The molecule has 0 amide bonds. The second kappa shape index (κ2) is 3.62. The van der Waals surface area contributed by atoms with Crippen LogP contribution in [-0.2, 0) is 0 Å². The maximum atomic E-state index is 5.65. The predicted molar refractivity (Wildman–Crippen MR) is 57.6 cm³/mol. The van der Waals surface area contributed by atoms with Crippen molar-refractivity contribution in [3.05, 3.63) is 29.3 Å². The third kappa shape index (κ3) is 1.50. The zero-order valence-electron chi connectivity index (χ0n) is 8.79. The average molecular weight is 191 g/mol. The van der Waals surface area contributed by atoms with Crippen LogP contribution in [0.1, 0.15) is 23.5 Å². The first-order valence-electron chi connectivity index (χ1n) is 5.11. The van der Waals surface area contributed by atoms with Gasteiger partial charge in [-0.25, -0.2) is 0 Å². The van der Waals surface area contributed by atoms with Gasteiger partial charge in [0.05, 0.1) is 7.11 Å². The number of methoxy groups -OCH3 is 1. The van der Waals surface area contributed by atoms with Crippen LogP contribution in [0.2, 0.25) is 0 Å². The summed E-state index contributed by atoms with van der Waals surface area (Å²) in [4.78, 5) is 0. The molecule has 2 heteroatoms. The summed E-state index contributed by atoms with van der Waals surface area (Å²) in [6, 6.07) is 6.27. The second-order valence-corrected chi connectivity index (χ2v) is 4.01. The van der Waals surface area contributed by atoms with Crippen LogP contribution in [0.15, 0.2) is 18.2 Å². The van der Waals surface area contributed by atoms with Gasteiger partial charge in [0.2, 0.25) is 0 Å². The quantitative estimate of drug-likeness (QED) is 0.793. The van der Waals surface area contributed by atoms with Gasteiger partial charge in [0.1, 0.15) is 5.75 Å². The lowest BCUT2D eigenvalue weighted by molar-refractivity contribution is 0.411. The number of benzene rings is 1. The van der Waals surface area contributed by atoms with E-state index in [9.17, 15) is 0 Å². The lowest BCUT2D eigenvalue weighted by Crippen LogP contribution is -2.02. The van der Waals surface area contributed by atoms with Crippen molar-refractivity contribution in [2.45, 2.75) is 19.3 Å². The van der Waals surface area contributed by atoms with Crippen LogP contribution in [0.4, 0.5) is 0 Å². The Bertz CT molecular complexity index is 335. The highest BCUT2D eigenvalue weighted by atomic mass is 16.5. The first-order valence-corrected chi connectivity index (χ1v) is 5.11. The van der Waals surface area contributed by atoms with Gasteiger partial charge in [0, 0.05) is 0 Å². The number of hydrogen-bond donors (Lipinski definition) is 1. The fraction of sp³-hybridized carbons (Fsp3) is 0.500. The van der Waals surface area contributed by atoms with Gasteiger partial charge in [-0.05, 0) is 48.9 Å². The van der Waals surface area contributed by atoms with Crippen LogP contribution in [0.5, 0.6) is 5.75 Å². The van der Waals surface area contributed by atoms with E-state index in [1.807, 2.05) is 6.07 Å². The number of nitrogens with two attached hydrogens (primary N) is 1. The molecule has 14 heavy (non-hydrogen) atoms. The van der Waals surface area contributed by atoms with Crippen LogP contribution < -0.4 is 10.5 Å². The maximum absolute atomic E-state index is 5.65. The normalized spacial score (nSPS) is 24.8. The van der Waals surface area contributed by atoms with Crippen molar-refractivity contribution >= 4 is 0 Å². The molecule has 1 aromatic rings. The van der Waals surface area contributed by atoms with Gasteiger partial charge in [-0.2, -0.15) is 0 Å². The molecule has 1 fully saturated rings. The molecule has 2 nitrogen and oxygen atoms in total. The topological polar surface area (TPSA) is 35.2 Å². The highest BCUT2D eigenvalue weighted by Crippen LogP contribution is 2.48. The van der Waals surface area contributed by atoms with Crippen LogP contribution in [0.3, 0.4) is 0 Å². The largest absolute Gasteiger partial charge is 0.496 e. The molecule has 1 saturated carbocycles. The van der Waals surface area contributed by atoms with Gasteiger partial charge in [-0.3, -0.25) is 0 Å². The highest BCUT2D eigenvalue weighted by Gasteiger charge is 2.38. The Hall–Kier alpha value is -1.02. The molecule has 1 aliphatic carbocycles. The second-order valence-electron chi connectivity index (χ2n) is 4.01. The first-order chi connectivity index (χ1) is 6.77. The molecule has 1 aromatic carbocycles.